The molecule has 2 heterocycles. The number of amides is 1. The number of nitrogens with zero attached hydrogens (tertiary/aromatic N) is 1. The molecule has 134 valence electrons. The predicted molar refractivity (Wildman–Crippen MR) is 94.4 cm³/mol. The SMILES string of the molecule is Cc1ccc(C=Nc2sccc2C(=O)Nc2ccccc2C(F)(F)F)o1. The van der Waals surface area contributed by atoms with Crippen LogP contribution in [0.3, 0.4) is 0 Å². The van der Waals surface area contributed by atoms with Gasteiger partial charge in [0.05, 0.1) is 23.0 Å². The number of para-hydroxylation sites is 1. The summed E-state index contributed by atoms with van der Waals surface area (Å²) < 4.78 is 44.5. The maximum Gasteiger partial charge on any atom is 0.418 e. The van der Waals surface area contributed by atoms with E-state index in [1.54, 1.807) is 24.4 Å². The lowest BCUT2D eigenvalue weighted by atomic mass is 10.1. The van der Waals surface area contributed by atoms with E-state index >= 15 is 0 Å². The third-order valence-electron chi connectivity index (χ3n) is 3.44. The van der Waals surface area contributed by atoms with Gasteiger partial charge in [-0.15, -0.1) is 11.3 Å². The molecule has 0 saturated heterocycles. The Bertz CT molecular complexity index is 957. The minimum atomic E-state index is -4.56. The number of benzene rings is 1. The molecule has 0 atom stereocenters. The number of thiophene rings is 1. The van der Waals surface area contributed by atoms with Crippen molar-refractivity contribution in [3.8, 4) is 0 Å². The Kier molecular flexibility index (Phi) is 4.94. The van der Waals surface area contributed by atoms with Crippen LogP contribution in [0.25, 0.3) is 0 Å². The average molecular weight is 378 g/mol. The molecule has 0 saturated carbocycles. The number of halogens is 3. The van der Waals surface area contributed by atoms with Crippen LogP contribution in [0.5, 0.6) is 0 Å². The van der Waals surface area contributed by atoms with Gasteiger partial charge < -0.3 is 9.73 Å². The van der Waals surface area contributed by atoms with Crippen LogP contribution in [-0.4, -0.2) is 12.1 Å². The third kappa shape index (κ3) is 4.02. The van der Waals surface area contributed by atoms with Crippen LogP contribution in [0.1, 0.15) is 27.4 Å². The van der Waals surface area contributed by atoms with Gasteiger partial charge in [0.1, 0.15) is 16.5 Å². The molecule has 3 rings (SSSR count). The molecular formula is C18H13F3N2O2S. The van der Waals surface area contributed by atoms with Gasteiger partial charge in [0.2, 0.25) is 0 Å². The maximum atomic E-state index is 13.0. The molecule has 0 aliphatic heterocycles. The molecule has 1 amide bonds. The van der Waals surface area contributed by atoms with E-state index in [9.17, 15) is 18.0 Å². The van der Waals surface area contributed by atoms with Gasteiger partial charge in [-0.2, -0.15) is 13.2 Å². The molecule has 3 aromatic rings. The summed E-state index contributed by atoms with van der Waals surface area (Å²) in [5.74, 6) is 0.578. The maximum absolute atomic E-state index is 13.0. The van der Waals surface area contributed by atoms with Crippen molar-refractivity contribution < 1.29 is 22.4 Å². The molecule has 0 aliphatic carbocycles. The predicted octanol–water partition coefficient (Wildman–Crippen LogP) is 5.67. The van der Waals surface area contributed by atoms with E-state index in [1.165, 1.54) is 41.8 Å². The van der Waals surface area contributed by atoms with Gasteiger partial charge in [-0.3, -0.25) is 4.79 Å². The van der Waals surface area contributed by atoms with Crippen LogP contribution >= 0.6 is 11.3 Å². The van der Waals surface area contributed by atoms with E-state index in [4.69, 9.17) is 4.42 Å². The van der Waals surface area contributed by atoms with E-state index in [2.05, 4.69) is 10.3 Å². The Morgan fingerprint density at radius 2 is 1.96 bits per heavy atom. The summed E-state index contributed by atoms with van der Waals surface area (Å²) in [7, 11) is 0. The van der Waals surface area contributed by atoms with E-state index in [1.807, 2.05) is 0 Å². The monoisotopic (exact) mass is 378 g/mol. The molecule has 26 heavy (non-hydrogen) atoms. The molecule has 1 aromatic carbocycles. The van der Waals surface area contributed by atoms with Crippen molar-refractivity contribution in [1.82, 2.24) is 0 Å². The Labute approximate surface area is 151 Å². The molecule has 4 nitrogen and oxygen atoms in total. The van der Waals surface area contributed by atoms with E-state index in [0.29, 0.717) is 10.8 Å². The molecule has 0 spiro atoms. The van der Waals surface area contributed by atoms with Crippen LogP contribution in [0.4, 0.5) is 23.9 Å². The van der Waals surface area contributed by atoms with Gasteiger partial charge in [-0.25, -0.2) is 4.99 Å². The summed E-state index contributed by atoms with van der Waals surface area (Å²) in [6.45, 7) is 1.79. The number of carbonyl (C=O) groups is 1. The molecule has 0 bridgehead atoms. The fourth-order valence-electron chi connectivity index (χ4n) is 2.25. The van der Waals surface area contributed by atoms with Crippen molar-refractivity contribution in [2.75, 3.05) is 5.32 Å². The Hall–Kier alpha value is -2.87. The summed E-state index contributed by atoms with van der Waals surface area (Å²) in [4.78, 5) is 16.6. The lowest BCUT2D eigenvalue weighted by Gasteiger charge is -2.13. The minimum Gasteiger partial charge on any atom is -0.460 e. The minimum absolute atomic E-state index is 0.187. The molecule has 1 N–H and O–H groups in total. The second-order valence-electron chi connectivity index (χ2n) is 5.34. The van der Waals surface area contributed by atoms with Crippen molar-refractivity contribution in [2.45, 2.75) is 13.1 Å². The zero-order chi connectivity index (χ0) is 18.7. The highest BCUT2D eigenvalue weighted by molar-refractivity contribution is 7.14. The highest BCUT2D eigenvalue weighted by Gasteiger charge is 2.33. The lowest BCUT2D eigenvalue weighted by molar-refractivity contribution is -0.136. The number of rotatable bonds is 4. The van der Waals surface area contributed by atoms with Gasteiger partial charge in [-0.1, -0.05) is 12.1 Å². The number of hydrogen-bond acceptors (Lipinski definition) is 4. The highest BCUT2D eigenvalue weighted by atomic mass is 32.1. The first-order chi connectivity index (χ1) is 12.3. The molecule has 0 radical (unpaired) electrons. The molecule has 8 heteroatoms. The number of nitrogens with one attached hydrogen (secondary N) is 1. The summed E-state index contributed by atoms with van der Waals surface area (Å²) in [5.41, 5.74) is -1.01. The third-order valence-corrected chi connectivity index (χ3v) is 4.26. The summed E-state index contributed by atoms with van der Waals surface area (Å²) in [6.07, 6.45) is -3.10. The Morgan fingerprint density at radius 3 is 2.65 bits per heavy atom. The van der Waals surface area contributed by atoms with Gasteiger partial charge >= 0.3 is 6.18 Å². The first-order valence-corrected chi connectivity index (χ1v) is 8.38. The molecular weight excluding hydrogens is 365 g/mol. The van der Waals surface area contributed by atoms with Gasteiger partial charge in [0.25, 0.3) is 5.91 Å². The number of alkyl halides is 3. The van der Waals surface area contributed by atoms with Gasteiger partial charge in [0, 0.05) is 0 Å². The fourth-order valence-corrected chi connectivity index (χ4v) is 2.98. The van der Waals surface area contributed by atoms with Crippen LogP contribution in [0.2, 0.25) is 0 Å². The van der Waals surface area contributed by atoms with E-state index < -0.39 is 17.6 Å². The number of hydrogen-bond donors (Lipinski definition) is 1. The van der Waals surface area contributed by atoms with Crippen LogP contribution in [0, 0.1) is 6.92 Å². The lowest BCUT2D eigenvalue weighted by Crippen LogP contribution is -2.16. The van der Waals surface area contributed by atoms with Crippen molar-refractivity contribution >= 4 is 34.1 Å². The first-order valence-electron chi connectivity index (χ1n) is 7.50. The quantitative estimate of drug-likeness (QED) is 0.595. The molecule has 2 aromatic heterocycles. The summed E-state index contributed by atoms with van der Waals surface area (Å²) in [5, 5.41) is 4.33. The van der Waals surface area contributed by atoms with E-state index in [-0.39, 0.29) is 11.3 Å². The smallest absolute Gasteiger partial charge is 0.418 e. The van der Waals surface area contributed by atoms with Crippen molar-refractivity contribution in [2.24, 2.45) is 4.99 Å². The van der Waals surface area contributed by atoms with Crippen LogP contribution in [-0.2, 0) is 6.18 Å². The van der Waals surface area contributed by atoms with Gasteiger partial charge in [0.15, 0.2) is 0 Å². The Balaban J connectivity index is 1.82. The van der Waals surface area contributed by atoms with Gasteiger partial charge in [-0.05, 0) is 42.6 Å². The van der Waals surface area contributed by atoms with Crippen LogP contribution < -0.4 is 5.32 Å². The summed E-state index contributed by atoms with van der Waals surface area (Å²) >= 11 is 1.20. The number of aryl methyl sites for hydroxylation is 1. The number of anilines is 1. The topological polar surface area (TPSA) is 54.6 Å². The normalized spacial score (nSPS) is 11.8. The Morgan fingerprint density at radius 1 is 1.19 bits per heavy atom. The highest BCUT2D eigenvalue weighted by Crippen LogP contribution is 2.35. The standard InChI is InChI=1S/C18H13F3N2O2S/c1-11-6-7-12(25-11)10-22-17-13(8-9-26-17)16(24)23-15-5-3-2-4-14(15)18(19,20)21/h2-10H,1H3,(H,23,24). The van der Waals surface area contributed by atoms with E-state index in [0.717, 1.165) is 11.8 Å². The average Bonchev–Trinajstić information content (AvgIpc) is 3.21. The molecule has 0 unspecified atom stereocenters. The number of aliphatic imine (C=N–C) groups is 1. The largest absolute Gasteiger partial charge is 0.460 e. The zero-order valence-corrected chi connectivity index (χ0v) is 14.3. The first kappa shape index (κ1) is 17.9. The second-order valence-corrected chi connectivity index (χ2v) is 6.24. The number of furan rings is 1. The van der Waals surface area contributed by atoms with Crippen molar-refractivity contribution in [3.05, 3.63) is 70.5 Å². The molecule has 0 aliphatic rings. The van der Waals surface area contributed by atoms with Crippen LogP contribution in [0.15, 0.2) is 57.3 Å². The zero-order valence-electron chi connectivity index (χ0n) is 13.5. The van der Waals surface area contributed by atoms with Crippen molar-refractivity contribution in [1.29, 1.82) is 0 Å². The summed E-state index contributed by atoms with van der Waals surface area (Å²) in [6, 6.07) is 9.84. The number of carbonyl (C=O) groups excluding carboxylic acids is 1. The fraction of sp³-hybridized carbons (Fsp3) is 0.111. The second kappa shape index (κ2) is 7.17. The molecule has 0 fully saturated rings. The van der Waals surface area contributed by atoms with Crippen molar-refractivity contribution in [3.63, 3.8) is 0 Å².